The molecule has 0 aromatic carbocycles. The first-order chi connectivity index (χ1) is 10.9. The molecule has 1 saturated carbocycles. The highest BCUT2D eigenvalue weighted by Gasteiger charge is 2.57. The van der Waals surface area contributed by atoms with E-state index in [1.165, 1.54) is 21.1 Å². The fourth-order valence-corrected chi connectivity index (χ4v) is 3.65. The van der Waals surface area contributed by atoms with Crippen molar-refractivity contribution in [2.24, 2.45) is 26.6 Å². The number of rotatable bonds is 3. The van der Waals surface area contributed by atoms with E-state index in [2.05, 4.69) is 15.0 Å². The minimum absolute atomic E-state index is 0.0751. The average Bonchev–Trinajstić information content (AvgIpc) is 3.01. The summed E-state index contributed by atoms with van der Waals surface area (Å²) in [5.74, 6) is 0.146. The van der Waals surface area contributed by atoms with Crippen molar-refractivity contribution >= 4 is 18.2 Å². The van der Waals surface area contributed by atoms with Crippen molar-refractivity contribution in [3.05, 3.63) is 0 Å². The summed E-state index contributed by atoms with van der Waals surface area (Å²) in [5.41, 5.74) is 3.92. The molecule has 0 aromatic rings. The molecule has 3 unspecified atom stereocenters. The Bertz CT molecular complexity index is 565. The number of hydrogen-bond donors (Lipinski definition) is 2. The predicted molar refractivity (Wildman–Crippen MR) is 83.3 cm³/mol. The van der Waals surface area contributed by atoms with Crippen molar-refractivity contribution in [2.45, 2.75) is 43.4 Å². The summed E-state index contributed by atoms with van der Waals surface area (Å²) >= 11 is 0. The number of nitrogens with zero attached hydrogens (tertiary/aromatic N) is 4. The number of methoxy groups -OCH3 is 2. The molecule has 3 rings (SSSR count). The number of aliphatic imine (C=N–C) groups is 3. The van der Waals surface area contributed by atoms with Crippen LogP contribution >= 0.6 is 0 Å². The normalized spacial score (nSPS) is 42.5. The molecule has 3 N–H and O–H groups in total. The Labute approximate surface area is 133 Å². The molecule has 128 valence electrons. The van der Waals surface area contributed by atoms with Crippen LogP contribution in [0.5, 0.6) is 0 Å². The van der Waals surface area contributed by atoms with Crippen LogP contribution < -0.4 is 5.73 Å². The van der Waals surface area contributed by atoms with Crippen LogP contribution in [0.1, 0.15) is 13.3 Å². The molecular formula is C14H22FN5O3. The van der Waals surface area contributed by atoms with Gasteiger partial charge in [-0.25, -0.2) is 9.38 Å². The van der Waals surface area contributed by atoms with Gasteiger partial charge >= 0.3 is 0 Å². The molecule has 1 aliphatic carbocycles. The van der Waals surface area contributed by atoms with E-state index in [1.54, 1.807) is 11.2 Å². The second-order valence-corrected chi connectivity index (χ2v) is 6.27. The third-order valence-corrected chi connectivity index (χ3v) is 4.84. The van der Waals surface area contributed by atoms with Gasteiger partial charge in [0.25, 0.3) is 0 Å². The molecule has 0 spiro atoms. The highest BCUT2D eigenvalue weighted by molar-refractivity contribution is 5.99. The van der Waals surface area contributed by atoms with Crippen LogP contribution in [0.2, 0.25) is 0 Å². The van der Waals surface area contributed by atoms with E-state index < -0.39 is 30.0 Å². The van der Waals surface area contributed by atoms with Crippen LogP contribution in [0.25, 0.3) is 0 Å². The number of guanidine groups is 1. The lowest BCUT2D eigenvalue weighted by atomic mass is 9.97. The summed E-state index contributed by atoms with van der Waals surface area (Å²) in [7, 11) is 3.02. The van der Waals surface area contributed by atoms with Crippen molar-refractivity contribution in [1.82, 2.24) is 4.90 Å². The molecule has 0 radical (unpaired) electrons. The first kappa shape index (κ1) is 16.1. The van der Waals surface area contributed by atoms with E-state index in [9.17, 15) is 5.11 Å². The van der Waals surface area contributed by atoms with Crippen LogP contribution in [0, 0.1) is 5.92 Å². The van der Waals surface area contributed by atoms with Gasteiger partial charge in [-0.1, -0.05) is 0 Å². The van der Waals surface area contributed by atoms with Crippen molar-refractivity contribution in [1.29, 1.82) is 0 Å². The Kier molecular flexibility index (Phi) is 4.01. The lowest BCUT2D eigenvalue weighted by Gasteiger charge is -2.36. The summed E-state index contributed by atoms with van der Waals surface area (Å²) in [6.45, 7) is 1.70. The number of aliphatic hydroxyl groups is 1. The second-order valence-electron chi connectivity index (χ2n) is 6.27. The van der Waals surface area contributed by atoms with Crippen LogP contribution in [0.15, 0.2) is 15.0 Å². The maximum absolute atomic E-state index is 15.2. The lowest BCUT2D eigenvalue weighted by molar-refractivity contribution is -0.0318. The van der Waals surface area contributed by atoms with Gasteiger partial charge in [0.05, 0.1) is 32.2 Å². The maximum atomic E-state index is 15.2. The zero-order valence-electron chi connectivity index (χ0n) is 13.4. The Hall–Kier alpha value is -1.74. The van der Waals surface area contributed by atoms with Crippen LogP contribution in [-0.4, -0.2) is 79.1 Å². The standard InChI is InChI=1S/C14H22FN5O3/c1-14(15)8(4-7(5-22-2)10(14)21)20-6-17-9-11(20)18-13(16)19-12(9)23-3/h6-11,21H,4-5H2,1-3H3,(H2,16,18)/t7-,8?,9?,10-,11?,14+/m1/s1. The zero-order valence-corrected chi connectivity index (χ0v) is 13.4. The molecule has 0 amide bonds. The quantitative estimate of drug-likeness (QED) is 0.728. The van der Waals surface area contributed by atoms with Gasteiger partial charge in [-0.2, -0.15) is 4.99 Å². The number of hydrogen-bond acceptors (Lipinski definition) is 8. The summed E-state index contributed by atoms with van der Waals surface area (Å²) in [6.07, 6.45) is 0.374. The summed E-state index contributed by atoms with van der Waals surface area (Å²) < 4.78 is 25.5. The van der Waals surface area contributed by atoms with Crippen LogP contribution in [-0.2, 0) is 9.47 Å². The lowest BCUT2D eigenvalue weighted by Crippen LogP contribution is -2.54. The zero-order chi connectivity index (χ0) is 16.8. The third kappa shape index (κ3) is 2.47. The fraction of sp³-hybridized carbons (Fsp3) is 0.786. The van der Waals surface area contributed by atoms with Crippen LogP contribution in [0.4, 0.5) is 4.39 Å². The minimum atomic E-state index is -1.81. The molecule has 9 heteroatoms. The molecule has 2 aliphatic heterocycles. The maximum Gasteiger partial charge on any atom is 0.220 e. The first-order valence-electron chi connectivity index (χ1n) is 7.52. The van der Waals surface area contributed by atoms with Gasteiger partial charge < -0.3 is 25.2 Å². The Morgan fingerprint density at radius 3 is 2.91 bits per heavy atom. The number of halogens is 1. The topological polar surface area (TPSA) is 105 Å². The molecule has 0 bridgehead atoms. The fourth-order valence-electron chi connectivity index (χ4n) is 3.65. The van der Waals surface area contributed by atoms with Gasteiger partial charge in [-0.3, -0.25) is 4.99 Å². The van der Waals surface area contributed by atoms with E-state index in [4.69, 9.17) is 15.2 Å². The predicted octanol–water partition coefficient (Wildman–Crippen LogP) is -0.478. The first-order valence-corrected chi connectivity index (χ1v) is 7.52. The Morgan fingerprint density at radius 1 is 1.52 bits per heavy atom. The number of alkyl halides is 1. The van der Waals surface area contributed by atoms with Gasteiger partial charge in [0.2, 0.25) is 11.9 Å². The minimum Gasteiger partial charge on any atom is -0.482 e. The summed E-state index contributed by atoms with van der Waals surface area (Å²) in [5, 5.41) is 10.3. The van der Waals surface area contributed by atoms with Gasteiger partial charge in [-0.05, 0) is 13.3 Å². The van der Waals surface area contributed by atoms with Crippen molar-refractivity contribution in [2.75, 3.05) is 20.8 Å². The van der Waals surface area contributed by atoms with Gasteiger partial charge in [-0.15, -0.1) is 0 Å². The average molecular weight is 327 g/mol. The van der Waals surface area contributed by atoms with Gasteiger partial charge in [0, 0.05) is 13.0 Å². The smallest absolute Gasteiger partial charge is 0.220 e. The van der Waals surface area contributed by atoms with Gasteiger partial charge in [0.15, 0.2) is 17.9 Å². The number of fused-ring (bicyclic) bond motifs is 1. The van der Waals surface area contributed by atoms with E-state index in [0.717, 1.165) is 0 Å². The summed E-state index contributed by atoms with van der Waals surface area (Å²) in [6, 6.07) is -1.02. The third-order valence-electron chi connectivity index (χ3n) is 4.84. The van der Waals surface area contributed by atoms with Crippen molar-refractivity contribution in [3.8, 4) is 0 Å². The highest BCUT2D eigenvalue weighted by Crippen LogP contribution is 2.43. The Balaban J connectivity index is 1.86. The Morgan fingerprint density at radius 2 is 2.26 bits per heavy atom. The largest absolute Gasteiger partial charge is 0.482 e. The van der Waals surface area contributed by atoms with E-state index in [0.29, 0.717) is 18.9 Å². The van der Waals surface area contributed by atoms with Crippen molar-refractivity contribution < 1.29 is 19.0 Å². The van der Waals surface area contributed by atoms with Gasteiger partial charge in [0.1, 0.15) is 0 Å². The molecule has 3 aliphatic rings. The SMILES string of the molecule is COC[C@H]1CC(N2C=NC3C(OC)=NC(N)=NC32)[C@](C)(F)[C@@H]1O. The highest BCUT2D eigenvalue weighted by atomic mass is 19.1. The van der Waals surface area contributed by atoms with E-state index in [-0.39, 0.29) is 11.9 Å². The summed E-state index contributed by atoms with van der Waals surface area (Å²) in [4.78, 5) is 14.3. The molecular weight excluding hydrogens is 305 g/mol. The molecule has 0 saturated heterocycles. The number of nitrogens with two attached hydrogens (primary N) is 1. The number of aliphatic hydroxyl groups excluding tert-OH is 1. The molecule has 6 atom stereocenters. The van der Waals surface area contributed by atoms with Crippen LogP contribution in [0.3, 0.4) is 0 Å². The molecule has 1 fully saturated rings. The van der Waals surface area contributed by atoms with E-state index >= 15 is 4.39 Å². The van der Waals surface area contributed by atoms with Crippen molar-refractivity contribution in [3.63, 3.8) is 0 Å². The molecule has 2 heterocycles. The molecule has 0 aromatic heterocycles. The molecule has 23 heavy (non-hydrogen) atoms. The monoisotopic (exact) mass is 327 g/mol. The van der Waals surface area contributed by atoms with E-state index in [1.807, 2.05) is 0 Å². The number of ether oxygens (including phenoxy) is 2. The molecule has 8 nitrogen and oxygen atoms in total. The second kappa shape index (κ2) is 5.72.